The highest BCUT2D eigenvalue weighted by atomic mass is 79.9. The van der Waals surface area contributed by atoms with E-state index in [1.165, 1.54) is 0 Å². The first-order valence-corrected chi connectivity index (χ1v) is 4.76. The number of nitrogens with two attached hydrogens (primary N) is 1. The minimum absolute atomic E-state index is 0.256. The molecule has 0 unspecified atom stereocenters. The Kier molecular flexibility index (Phi) is 2.25. The third kappa shape index (κ3) is 1.39. The van der Waals surface area contributed by atoms with Crippen LogP contribution in [0.3, 0.4) is 0 Å². The summed E-state index contributed by atoms with van der Waals surface area (Å²) >= 11 is 3.39. The van der Waals surface area contributed by atoms with Crippen LogP contribution in [0, 0.1) is 0 Å². The maximum Gasteiger partial charge on any atom is 0.220 e. The molecular formula is C9H8BrN3O. The van der Waals surface area contributed by atoms with Gasteiger partial charge in [0.25, 0.3) is 0 Å². The number of ether oxygens (including phenoxy) is 1. The fourth-order valence-corrected chi connectivity index (χ4v) is 1.69. The van der Waals surface area contributed by atoms with Gasteiger partial charge in [0.2, 0.25) is 5.95 Å². The lowest BCUT2D eigenvalue weighted by Crippen LogP contribution is -1.96. The lowest BCUT2D eigenvalue weighted by Gasteiger charge is -2.05. The largest absolute Gasteiger partial charge is 0.496 e. The molecule has 0 aliphatic rings. The lowest BCUT2D eigenvalue weighted by atomic mass is 10.2. The molecule has 0 amide bonds. The number of aromatic nitrogens is 2. The van der Waals surface area contributed by atoms with E-state index >= 15 is 0 Å². The number of hydrogen-bond acceptors (Lipinski definition) is 4. The Hall–Kier alpha value is -1.36. The number of nitrogen functional groups attached to an aromatic ring is 1. The highest BCUT2D eigenvalue weighted by Crippen LogP contribution is 2.29. The predicted molar refractivity (Wildman–Crippen MR) is 58.2 cm³/mol. The SMILES string of the molecule is COc1ccc(Br)c2nc(N)ncc12. The van der Waals surface area contributed by atoms with Crippen molar-refractivity contribution in [2.24, 2.45) is 0 Å². The Morgan fingerprint density at radius 3 is 2.93 bits per heavy atom. The van der Waals surface area contributed by atoms with Crippen molar-refractivity contribution in [3.63, 3.8) is 0 Å². The third-order valence-electron chi connectivity index (χ3n) is 1.90. The smallest absolute Gasteiger partial charge is 0.220 e. The standard InChI is InChI=1S/C9H8BrN3O/c1-14-7-3-2-6(10)8-5(7)4-12-9(11)13-8/h2-4H,1H3,(H2,11,12,13). The van der Waals surface area contributed by atoms with E-state index in [0.717, 1.165) is 21.1 Å². The third-order valence-corrected chi connectivity index (χ3v) is 2.54. The van der Waals surface area contributed by atoms with Crippen LogP contribution in [0.15, 0.2) is 22.8 Å². The zero-order valence-corrected chi connectivity index (χ0v) is 9.08. The first-order chi connectivity index (χ1) is 6.72. The second-order valence-corrected chi connectivity index (χ2v) is 3.59. The zero-order chi connectivity index (χ0) is 10.1. The number of benzene rings is 1. The van der Waals surface area contributed by atoms with Crippen LogP contribution >= 0.6 is 15.9 Å². The Morgan fingerprint density at radius 2 is 2.21 bits per heavy atom. The van der Waals surface area contributed by atoms with Gasteiger partial charge in [-0.2, -0.15) is 0 Å². The minimum atomic E-state index is 0.256. The number of rotatable bonds is 1. The summed E-state index contributed by atoms with van der Waals surface area (Å²) in [4.78, 5) is 8.05. The zero-order valence-electron chi connectivity index (χ0n) is 7.49. The maximum atomic E-state index is 5.50. The topological polar surface area (TPSA) is 61.0 Å². The molecule has 0 atom stereocenters. The summed E-state index contributed by atoms with van der Waals surface area (Å²) in [6.07, 6.45) is 1.65. The van der Waals surface area contributed by atoms with Crippen molar-refractivity contribution in [1.82, 2.24) is 9.97 Å². The molecule has 0 spiro atoms. The lowest BCUT2D eigenvalue weighted by molar-refractivity contribution is 0.419. The van der Waals surface area contributed by atoms with Crippen LogP contribution in [-0.4, -0.2) is 17.1 Å². The highest BCUT2D eigenvalue weighted by molar-refractivity contribution is 9.10. The van der Waals surface area contributed by atoms with Gasteiger partial charge in [0, 0.05) is 10.7 Å². The van der Waals surface area contributed by atoms with Crippen molar-refractivity contribution in [3.8, 4) is 5.75 Å². The molecule has 0 bridgehead atoms. The molecule has 1 aromatic carbocycles. The quantitative estimate of drug-likeness (QED) is 0.845. The summed E-state index contributed by atoms with van der Waals surface area (Å²) in [6, 6.07) is 3.72. The van der Waals surface area contributed by atoms with E-state index in [2.05, 4.69) is 25.9 Å². The fraction of sp³-hybridized carbons (Fsp3) is 0.111. The van der Waals surface area contributed by atoms with Gasteiger partial charge in [0.15, 0.2) is 0 Å². The van der Waals surface area contributed by atoms with E-state index in [0.29, 0.717) is 0 Å². The average molecular weight is 254 g/mol. The molecule has 0 aliphatic heterocycles. The monoisotopic (exact) mass is 253 g/mol. The van der Waals surface area contributed by atoms with E-state index in [1.54, 1.807) is 13.3 Å². The van der Waals surface area contributed by atoms with Crippen LogP contribution in [0.2, 0.25) is 0 Å². The summed E-state index contributed by atoms with van der Waals surface area (Å²) in [7, 11) is 1.61. The Balaban J connectivity index is 2.84. The van der Waals surface area contributed by atoms with Gasteiger partial charge in [-0.15, -0.1) is 0 Å². The van der Waals surface area contributed by atoms with Crippen LogP contribution in [0.25, 0.3) is 10.9 Å². The van der Waals surface area contributed by atoms with Crippen LogP contribution in [0.1, 0.15) is 0 Å². The van der Waals surface area contributed by atoms with Crippen molar-refractivity contribution >= 4 is 32.8 Å². The molecule has 5 heteroatoms. The molecule has 72 valence electrons. The molecule has 0 saturated carbocycles. The molecule has 2 aromatic rings. The van der Waals surface area contributed by atoms with Crippen LogP contribution in [0.5, 0.6) is 5.75 Å². The minimum Gasteiger partial charge on any atom is -0.496 e. The predicted octanol–water partition coefficient (Wildman–Crippen LogP) is 1.98. The van der Waals surface area contributed by atoms with Gasteiger partial charge in [-0.25, -0.2) is 9.97 Å². The Labute approximate surface area is 89.2 Å². The fourth-order valence-electron chi connectivity index (χ4n) is 1.25. The van der Waals surface area contributed by atoms with Gasteiger partial charge in [-0.05, 0) is 28.1 Å². The molecule has 0 saturated heterocycles. The van der Waals surface area contributed by atoms with Gasteiger partial charge < -0.3 is 10.5 Å². The molecule has 14 heavy (non-hydrogen) atoms. The molecule has 2 N–H and O–H groups in total. The first kappa shape index (κ1) is 9.21. The molecule has 1 aromatic heterocycles. The Bertz CT molecular complexity index is 487. The number of methoxy groups -OCH3 is 1. The van der Waals surface area contributed by atoms with Gasteiger partial charge in [0.1, 0.15) is 5.75 Å². The van der Waals surface area contributed by atoms with Crippen LogP contribution in [0.4, 0.5) is 5.95 Å². The normalized spacial score (nSPS) is 10.4. The summed E-state index contributed by atoms with van der Waals surface area (Å²) in [5.74, 6) is 0.995. The molecule has 0 aliphatic carbocycles. The van der Waals surface area contributed by atoms with Gasteiger partial charge in [-0.3, -0.25) is 0 Å². The van der Waals surface area contributed by atoms with Crippen LogP contribution < -0.4 is 10.5 Å². The number of nitrogens with zero attached hydrogens (tertiary/aromatic N) is 2. The number of fused-ring (bicyclic) bond motifs is 1. The van der Waals surface area contributed by atoms with Crippen molar-refractivity contribution < 1.29 is 4.74 Å². The molecule has 4 nitrogen and oxygen atoms in total. The number of halogens is 1. The van der Waals surface area contributed by atoms with Crippen molar-refractivity contribution in [2.75, 3.05) is 12.8 Å². The number of anilines is 1. The van der Waals surface area contributed by atoms with Gasteiger partial charge in [0.05, 0.1) is 18.0 Å². The highest BCUT2D eigenvalue weighted by Gasteiger charge is 2.06. The number of hydrogen-bond donors (Lipinski definition) is 1. The van der Waals surface area contributed by atoms with Crippen LogP contribution in [-0.2, 0) is 0 Å². The molecule has 0 radical (unpaired) electrons. The second kappa shape index (κ2) is 3.42. The average Bonchev–Trinajstić information content (AvgIpc) is 2.19. The molecular weight excluding hydrogens is 246 g/mol. The van der Waals surface area contributed by atoms with E-state index in [-0.39, 0.29) is 5.95 Å². The van der Waals surface area contributed by atoms with Gasteiger partial charge >= 0.3 is 0 Å². The summed E-state index contributed by atoms with van der Waals surface area (Å²) < 4.78 is 6.06. The van der Waals surface area contributed by atoms with Crippen molar-refractivity contribution in [3.05, 3.63) is 22.8 Å². The van der Waals surface area contributed by atoms with E-state index in [9.17, 15) is 0 Å². The van der Waals surface area contributed by atoms with Crippen molar-refractivity contribution in [2.45, 2.75) is 0 Å². The molecule has 0 fully saturated rings. The van der Waals surface area contributed by atoms with Crippen molar-refractivity contribution in [1.29, 1.82) is 0 Å². The van der Waals surface area contributed by atoms with E-state index in [4.69, 9.17) is 10.5 Å². The first-order valence-electron chi connectivity index (χ1n) is 3.97. The van der Waals surface area contributed by atoms with E-state index < -0.39 is 0 Å². The Morgan fingerprint density at radius 1 is 1.43 bits per heavy atom. The second-order valence-electron chi connectivity index (χ2n) is 2.74. The summed E-state index contributed by atoms with van der Waals surface area (Å²) in [5.41, 5.74) is 6.26. The van der Waals surface area contributed by atoms with E-state index in [1.807, 2.05) is 12.1 Å². The molecule has 2 rings (SSSR count). The summed E-state index contributed by atoms with van der Waals surface area (Å²) in [6.45, 7) is 0. The molecule has 1 heterocycles. The van der Waals surface area contributed by atoms with Gasteiger partial charge in [-0.1, -0.05) is 0 Å². The maximum absolute atomic E-state index is 5.50. The summed E-state index contributed by atoms with van der Waals surface area (Å²) in [5, 5.41) is 0.844.